The zero-order valence-corrected chi connectivity index (χ0v) is 77.4. The van der Waals surface area contributed by atoms with Gasteiger partial charge in [0.2, 0.25) is 29.5 Å². The Morgan fingerprint density at radius 2 is 0.326 bits per heavy atom. The number of aliphatic carboxylic acids is 13. The van der Waals surface area contributed by atoms with Crippen molar-refractivity contribution in [2.45, 2.75) is 279 Å². The van der Waals surface area contributed by atoms with Crippen molar-refractivity contribution in [3.8, 4) is 0 Å². The lowest BCUT2D eigenvalue weighted by molar-refractivity contribution is -0.147. The highest BCUT2D eigenvalue weighted by Crippen LogP contribution is 2.34. The lowest BCUT2D eigenvalue weighted by atomic mass is 9.87. The highest BCUT2D eigenvalue weighted by molar-refractivity contribution is 5.84. The molecule has 0 aromatic heterocycles. The van der Waals surface area contributed by atoms with Crippen molar-refractivity contribution in [3.63, 3.8) is 0 Å². The number of carboxylic acids is 13. The molecular weight excluding hydrogens is 1780 g/mol. The van der Waals surface area contributed by atoms with Gasteiger partial charge in [-0.25, -0.2) is 0 Å². The summed E-state index contributed by atoms with van der Waals surface area (Å²) in [6.07, 6.45) is 18.3. The maximum atomic E-state index is 13.3. The van der Waals surface area contributed by atoms with Crippen LogP contribution in [0.1, 0.15) is 201 Å². The Hall–Kier alpha value is -10.6. The van der Waals surface area contributed by atoms with E-state index < -0.39 is 234 Å². The lowest BCUT2D eigenvalue weighted by Gasteiger charge is -2.44. The van der Waals surface area contributed by atoms with Gasteiger partial charge in [-0.3, -0.25) is 145 Å². The molecule has 0 bridgehead atoms. The summed E-state index contributed by atoms with van der Waals surface area (Å²) in [5, 5.41) is 137. The zero-order valence-electron chi connectivity index (χ0n) is 77.4. The highest BCUT2D eigenvalue weighted by Gasteiger charge is 2.44. The molecule has 0 saturated heterocycles. The van der Waals surface area contributed by atoms with Crippen LogP contribution in [-0.2, 0) is 95.9 Å². The van der Waals surface area contributed by atoms with Gasteiger partial charge in [0, 0.05) is 91.6 Å². The van der Waals surface area contributed by atoms with E-state index in [2.05, 4.69) is 33.5 Å². The molecule has 0 heterocycles. The molecule has 7 aliphatic rings. The molecule has 0 aromatic rings. The molecule has 7 rings (SSSR count). The number of hydrogen-bond donors (Lipinski definition) is 18. The van der Waals surface area contributed by atoms with Gasteiger partial charge in [-0.2, -0.15) is 0 Å². The lowest BCUT2D eigenvalue weighted by Crippen LogP contribution is -2.58. The molecule has 7 aliphatic carbocycles. The summed E-state index contributed by atoms with van der Waals surface area (Å²) in [5.41, 5.74) is 0. The third-order valence-corrected chi connectivity index (χ3v) is 25.8. The van der Waals surface area contributed by atoms with Crippen molar-refractivity contribution in [3.05, 3.63) is 0 Å². The van der Waals surface area contributed by atoms with Gasteiger partial charge >= 0.3 is 77.6 Å². The van der Waals surface area contributed by atoms with Crippen LogP contribution in [0, 0.1) is 5.92 Å². The van der Waals surface area contributed by atoms with E-state index in [9.17, 15) is 162 Å². The molecule has 0 aromatic carbocycles. The van der Waals surface area contributed by atoms with Crippen LogP contribution in [-0.4, -0.2) is 457 Å². The van der Waals surface area contributed by atoms with Gasteiger partial charge in [0.25, 0.3) is 0 Å². The fraction of sp³-hybridized carbons (Fsp3) is 0.770. The van der Waals surface area contributed by atoms with Gasteiger partial charge in [0.15, 0.2) is 0 Å². The molecule has 762 valence electrons. The smallest absolute Gasteiger partial charge is 0.317 e. The molecule has 5 amide bonds. The number of carboxylic acid groups (broad SMARTS) is 13. The largest absolute Gasteiger partial charge is 0.480 e. The Morgan fingerprint density at radius 1 is 0.193 bits per heavy atom. The normalized spacial score (nSPS) is 23.7. The van der Waals surface area contributed by atoms with Gasteiger partial charge in [0.1, 0.15) is 11.6 Å². The van der Waals surface area contributed by atoms with Crippen LogP contribution >= 0.6 is 0 Å². The molecule has 7 fully saturated rings. The summed E-state index contributed by atoms with van der Waals surface area (Å²) in [4.78, 5) is 254. The van der Waals surface area contributed by atoms with Crippen molar-refractivity contribution in [1.29, 1.82) is 0 Å². The minimum Gasteiger partial charge on any atom is -0.480 e. The number of Topliss-reactive ketones (excluding diaryl/α,β-unsaturated/α-hetero) is 2. The summed E-state index contributed by atoms with van der Waals surface area (Å²) < 4.78 is 0. The summed E-state index contributed by atoms with van der Waals surface area (Å²) in [5.74, 6) is -17.2. The first-order valence-corrected chi connectivity index (χ1v) is 46.4. The predicted molar refractivity (Wildman–Crippen MR) is 474 cm³/mol. The van der Waals surface area contributed by atoms with Gasteiger partial charge in [-0.15, -0.1) is 0 Å². The SMILES string of the molecule is CC(=O)CN(CC(=O)O)[C@@H]1CCCC[C@H]1N(CC(=O)O)CC(=O)NC1CCC(NC(=O)CN(CC(=O)O)[C@@H]2CCCC[C@H]2N(CC(=O)O)CC(=O)O)CC1.CC(=O)CN(CC(=O)O)[C@@H]1CCCC[C@H]1N(CC(=O)O)CC(=O)NCCNC(=O)CN(CC(=O)O)[C@@H]1CCCC[C@H]1N(CC(=O)O)CC(=O)O.CC1CCC(NC(=O)CN(CC(=O)O)[C@@H]2CCCC[C@H]2N(CC(=O)O)CC(=O)O)CC1. The molecule has 48 heteroatoms. The van der Waals surface area contributed by atoms with Gasteiger partial charge < -0.3 is 93.0 Å². The topological polar surface area (TPSA) is 697 Å². The number of rotatable bonds is 56. The van der Waals surface area contributed by atoms with Crippen LogP contribution in [0.3, 0.4) is 0 Å². The quantitative estimate of drug-likeness (QED) is 0.0301. The molecule has 48 nitrogen and oxygen atoms in total. The number of carbonyl (C=O) groups is 20. The monoisotopic (exact) mass is 1920 g/mol. The van der Waals surface area contributed by atoms with Crippen LogP contribution in [0.4, 0.5) is 0 Å². The Bertz CT molecular complexity index is 3730. The summed E-state index contributed by atoms with van der Waals surface area (Å²) in [7, 11) is 0. The van der Waals surface area contributed by atoms with E-state index in [1.54, 1.807) is 14.7 Å². The molecular formula is C87H141N15O33. The summed E-state index contributed by atoms with van der Waals surface area (Å²) in [6.45, 7) is -2.99. The number of ketones is 2. The molecule has 0 aliphatic heterocycles. The van der Waals surface area contributed by atoms with Gasteiger partial charge in [-0.05, 0) is 135 Å². The molecule has 7 saturated carbocycles. The van der Waals surface area contributed by atoms with E-state index in [1.807, 2.05) is 0 Å². The van der Waals surface area contributed by atoms with Crippen LogP contribution in [0.15, 0.2) is 0 Å². The van der Waals surface area contributed by atoms with Crippen LogP contribution in [0.5, 0.6) is 0 Å². The third-order valence-electron chi connectivity index (χ3n) is 25.8. The second-order valence-electron chi connectivity index (χ2n) is 36.6. The second-order valence-corrected chi connectivity index (χ2v) is 36.6. The maximum absolute atomic E-state index is 13.3. The number of amides is 5. The minimum absolute atomic E-state index is 0.0506. The maximum Gasteiger partial charge on any atom is 0.317 e. The fourth-order valence-electron chi connectivity index (χ4n) is 20.5. The first-order chi connectivity index (χ1) is 63.7. The van der Waals surface area contributed by atoms with Crippen molar-refractivity contribution >= 4 is 119 Å². The molecule has 0 unspecified atom stereocenters. The van der Waals surface area contributed by atoms with Crippen molar-refractivity contribution in [2.24, 2.45) is 5.92 Å². The van der Waals surface area contributed by atoms with Crippen LogP contribution in [0.25, 0.3) is 0 Å². The minimum atomic E-state index is -1.24. The highest BCUT2D eigenvalue weighted by atomic mass is 16.4. The van der Waals surface area contributed by atoms with Crippen molar-refractivity contribution in [2.75, 3.05) is 144 Å². The van der Waals surface area contributed by atoms with Crippen molar-refractivity contribution < 1.29 is 162 Å². The molecule has 18 N–H and O–H groups in total. The van der Waals surface area contributed by atoms with Gasteiger partial charge in [-0.1, -0.05) is 71.1 Å². The average Bonchev–Trinajstić information content (AvgIpc) is 0.833. The first-order valence-electron chi connectivity index (χ1n) is 46.4. The summed E-state index contributed by atoms with van der Waals surface area (Å²) in [6, 6.07) is -5.44. The van der Waals surface area contributed by atoms with Crippen LogP contribution < -0.4 is 26.6 Å². The standard InChI is InChI=1S/C35H56N6O13.C31H50N6O13.C21H35N3O7/c1-22(42)14-38(17-31(45)46)25-6-2-3-7-26(25)39(18-32(47)48)15-29(43)36-23-10-12-24(13-11-23)37-30(44)16-40(19-33(49)50)27-8-4-5-9-28(27)41(20-34(51)52)21-35(53)54;1-20(38)12-34(15-27(41)42)21-6-2-3-7-22(21)35(16-28(43)44)13-25(39)32-10-11-33-26(40)14-36(17-29(45)46)23-8-4-5-9-24(23)37(18-30(47)48)19-31(49)50;1-14-6-8-15(9-7-14)22-18(25)10-23(11-19(26)27)16-4-2-3-5-17(16)24(12-20(28)29)13-21(30)31/h23-28H,2-21H2,1H3,(H,36,43)(H,37,44)(H,45,46)(H,47,48)(H,49,50)(H,51,52)(H,53,54);21-24H,2-19H2,1H3,(H,32,39)(H,33,40)(H,41,42)(H,43,44)(H,45,46)(H,47,48)(H,49,50);14-17H,2-13H2,1H3,(H,22,25)(H,26,27)(H,28,29)(H,30,31)/t23?,24?,25-,26-,27-,28-;21-,22-,23-,24-;14?,15?,16-,17-/m111/s1. The first kappa shape index (κ1) is 115. The predicted octanol–water partition coefficient (Wildman–Crippen LogP) is -1.72. The zero-order chi connectivity index (χ0) is 100. The average molecular weight is 1930 g/mol. The molecule has 0 spiro atoms. The fourth-order valence-corrected chi connectivity index (χ4v) is 20.5. The number of hydrogen-bond acceptors (Lipinski definition) is 30. The van der Waals surface area contributed by atoms with E-state index in [0.29, 0.717) is 121 Å². The number of carbonyl (C=O) groups excluding carboxylic acids is 7. The molecule has 10 atom stereocenters. The van der Waals surface area contributed by atoms with E-state index in [-0.39, 0.29) is 108 Å². The van der Waals surface area contributed by atoms with E-state index in [4.69, 9.17) is 0 Å². The number of nitrogens with one attached hydrogen (secondary N) is 5. The summed E-state index contributed by atoms with van der Waals surface area (Å²) >= 11 is 0. The molecule has 0 radical (unpaired) electrons. The van der Waals surface area contributed by atoms with E-state index in [1.165, 1.54) is 48.1 Å². The van der Waals surface area contributed by atoms with E-state index in [0.717, 1.165) is 64.2 Å². The Balaban J connectivity index is 0.000000370. The van der Waals surface area contributed by atoms with Crippen LogP contribution in [0.2, 0.25) is 0 Å². The third kappa shape index (κ3) is 44.0. The number of nitrogens with zero attached hydrogens (tertiary/aromatic N) is 10. The Morgan fingerprint density at radius 3 is 0.474 bits per heavy atom. The van der Waals surface area contributed by atoms with Gasteiger partial charge in [0.05, 0.1) is 131 Å². The van der Waals surface area contributed by atoms with E-state index >= 15 is 0 Å². The molecule has 135 heavy (non-hydrogen) atoms. The second kappa shape index (κ2) is 59.4. The van der Waals surface area contributed by atoms with Crippen molar-refractivity contribution in [1.82, 2.24) is 75.6 Å². The Labute approximate surface area is 782 Å². The Kier molecular flexibility index (Phi) is 50.6.